The predicted molar refractivity (Wildman–Crippen MR) is 29.2 cm³/mol. The van der Waals surface area contributed by atoms with Crippen molar-refractivity contribution < 1.29 is 4.39 Å². The van der Waals surface area contributed by atoms with Gasteiger partial charge in [-0.3, -0.25) is 0 Å². The summed E-state index contributed by atoms with van der Waals surface area (Å²) in [5.74, 6) is 0. The molecule has 0 saturated heterocycles. The van der Waals surface area contributed by atoms with Gasteiger partial charge in [0.25, 0.3) is 0 Å². The Morgan fingerprint density at radius 3 is 2.71 bits per heavy atom. The van der Waals surface area contributed by atoms with Crippen LogP contribution in [0.15, 0.2) is 12.2 Å². The molecule has 0 nitrogen and oxygen atoms in total. The number of allylic oxidation sites excluding steroid dienone is 2. The molecule has 40 valence electrons. The van der Waals surface area contributed by atoms with Crippen molar-refractivity contribution in [2.75, 3.05) is 0 Å². The van der Waals surface area contributed by atoms with Crippen molar-refractivity contribution in [1.82, 2.24) is 0 Å². The Morgan fingerprint density at radius 1 is 1.57 bits per heavy atom. The average molecular weight is 165 g/mol. The molecule has 1 atom stereocenters. The Bertz CT molecular complexity index is 80.1. The van der Waals surface area contributed by atoms with Crippen LogP contribution >= 0.6 is 0 Å². The molecule has 0 bridgehead atoms. The van der Waals surface area contributed by atoms with E-state index in [4.69, 9.17) is 0 Å². The van der Waals surface area contributed by atoms with Crippen LogP contribution in [-0.4, -0.2) is 20.0 Å². The number of hydrogen-bond acceptors (Lipinski definition) is 0. The van der Waals surface area contributed by atoms with Gasteiger partial charge in [-0.2, -0.15) is 0 Å². The maximum atomic E-state index is 12.2. The maximum absolute atomic E-state index is 12.2. The molecule has 1 aliphatic heterocycles. The molecule has 1 aliphatic rings. The topological polar surface area (TPSA) is 0 Å². The first kappa shape index (κ1) is 5.33. The molecule has 0 N–H and O–H groups in total. The van der Waals surface area contributed by atoms with Crippen LogP contribution in [-0.2, 0) is 0 Å². The summed E-state index contributed by atoms with van der Waals surface area (Å²) in [5.41, 5.74) is 0. The van der Waals surface area contributed by atoms with E-state index < -0.39 is 5.07 Å². The Hall–Kier alpha value is 0.189. The van der Waals surface area contributed by atoms with E-state index in [1.165, 1.54) is 0 Å². The average Bonchev–Trinajstić information content (AvgIpc) is 1.69. The molecule has 0 radical (unpaired) electrons. The molecule has 0 aromatic heterocycles. The summed E-state index contributed by atoms with van der Waals surface area (Å²) >= 11 is 0.259. The SMILES string of the molecule is FC1CC=CC[Se]1. The first-order chi connectivity index (χ1) is 3.39. The zero-order valence-corrected chi connectivity index (χ0v) is 5.65. The minimum atomic E-state index is -0.488. The fourth-order valence-electron chi connectivity index (χ4n) is 0.499. The van der Waals surface area contributed by atoms with E-state index in [0.717, 1.165) is 5.32 Å². The van der Waals surface area contributed by atoms with Crippen LogP contribution in [0.4, 0.5) is 4.39 Å². The van der Waals surface area contributed by atoms with Gasteiger partial charge < -0.3 is 0 Å². The predicted octanol–water partition coefficient (Wildman–Crippen LogP) is 1.36. The van der Waals surface area contributed by atoms with Gasteiger partial charge in [0, 0.05) is 0 Å². The van der Waals surface area contributed by atoms with Gasteiger partial charge in [-0.05, 0) is 0 Å². The molecule has 1 rings (SSSR count). The van der Waals surface area contributed by atoms with Crippen molar-refractivity contribution in [3.05, 3.63) is 12.2 Å². The second-order valence-corrected chi connectivity index (χ2v) is 3.92. The molecule has 1 unspecified atom stereocenters. The van der Waals surface area contributed by atoms with Crippen LogP contribution in [0, 0.1) is 0 Å². The number of rotatable bonds is 0. The van der Waals surface area contributed by atoms with Crippen molar-refractivity contribution in [2.24, 2.45) is 0 Å². The second kappa shape index (κ2) is 2.49. The molecule has 7 heavy (non-hydrogen) atoms. The van der Waals surface area contributed by atoms with Gasteiger partial charge in [0.2, 0.25) is 0 Å². The third-order valence-corrected chi connectivity index (χ3v) is 2.83. The van der Waals surface area contributed by atoms with E-state index in [2.05, 4.69) is 6.08 Å². The van der Waals surface area contributed by atoms with Crippen LogP contribution in [0.3, 0.4) is 0 Å². The van der Waals surface area contributed by atoms with Crippen molar-refractivity contribution in [1.29, 1.82) is 0 Å². The van der Waals surface area contributed by atoms with Crippen molar-refractivity contribution >= 4 is 15.0 Å². The van der Waals surface area contributed by atoms with E-state index in [-0.39, 0.29) is 15.0 Å². The van der Waals surface area contributed by atoms with Gasteiger partial charge >= 0.3 is 48.3 Å². The van der Waals surface area contributed by atoms with Crippen LogP contribution in [0.5, 0.6) is 0 Å². The van der Waals surface area contributed by atoms with Crippen LogP contribution < -0.4 is 0 Å². The molecule has 0 aromatic carbocycles. The van der Waals surface area contributed by atoms with Gasteiger partial charge in [0.1, 0.15) is 0 Å². The summed E-state index contributed by atoms with van der Waals surface area (Å²) in [6, 6.07) is 0. The van der Waals surface area contributed by atoms with Gasteiger partial charge in [0.15, 0.2) is 0 Å². The summed E-state index contributed by atoms with van der Waals surface area (Å²) in [6.07, 6.45) is 4.66. The monoisotopic (exact) mass is 166 g/mol. The van der Waals surface area contributed by atoms with E-state index in [1.54, 1.807) is 0 Å². The number of halogens is 1. The van der Waals surface area contributed by atoms with Gasteiger partial charge in [-0.15, -0.1) is 0 Å². The minimum absolute atomic E-state index is 0.259. The summed E-state index contributed by atoms with van der Waals surface area (Å²) in [6.45, 7) is 0. The van der Waals surface area contributed by atoms with Crippen molar-refractivity contribution in [3.63, 3.8) is 0 Å². The molecule has 0 spiro atoms. The Kier molecular flexibility index (Phi) is 1.89. The molecule has 0 amide bonds. The molecular weight excluding hydrogens is 158 g/mol. The quantitative estimate of drug-likeness (QED) is 0.375. The van der Waals surface area contributed by atoms with Crippen molar-refractivity contribution in [2.45, 2.75) is 16.8 Å². The molecule has 2 heteroatoms. The van der Waals surface area contributed by atoms with Gasteiger partial charge in [0.05, 0.1) is 0 Å². The summed E-state index contributed by atoms with van der Waals surface area (Å²) in [7, 11) is 0. The molecule has 0 aromatic rings. The molecule has 0 saturated carbocycles. The fraction of sp³-hybridized carbons (Fsp3) is 0.600. The molecular formula is C5H7FSe. The normalized spacial score (nSPS) is 30.7. The van der Waals surface area contributed by atoms with E-state index in [0.29, 0.717) is 6.42 Å². The van der Waals surface area contributed by atoms with Gasteiger partial charge in [-0.1, -0.05) is 0 Å². The third kappa shape index (κ3) is 1.62. The standard InChI is InChI=1S/C5H7FSe/c6-5-3-1-2-4-7-5/h1-2,5H,3-4H2. The molecule has 0 fully saturated rings. The van der Waals surface area contributed by atoms with E-state index >= 15 is 0 Å². The van der Waals surface area contributed by atoms with E-state index in [9.17, 15) is 4.39 Å². The zero-order chi connectivity index (χ0) is 5.11. The Balaban J connectivity index is 2.32. The van der Waals surface area contributed by atoms with Crippen molar-refractivity contribution in [3.8, 4) is 0 Å². The second-order valence-electron chi connectivity index (χ2n) is 1.45. The van der Waals surface area contributed by atoms with E-state index in [1.807, 2.05) is 6.08 Å². The Labute approximate surface area is 48.9 Å². The van der Waals surface area contributed by atoms with Gasteiger partial charge in [-0.25, -0.2) is 0 Å². The molecule has 1 heterocycles. The number of hydrogen-bond donors (Lipinski definition) is 0. The first-order valence-electron chi connectivity index (χ1n) is 2.30. The summed E-state index contributed by atoms with van der Waals surface area (Å²) in [4.78, 5) is 0. The zero-order valence-electron chi connectivity index (χ0n) is 3.93. The van der Waals surface area contributed by atoms with Crippen LogP contribution in [0.25, 0.3) is 0 Å². The number of alkyl halides is 1. The Morgan fingerprint density at radius 2 is 2.43 bits per heavy atom. The molecule has 0 aliphatic carbocycles. The fourth-order valence-corrected chi connectivity index (χ4v) is 1.97. The van der Waals surface area contributed by atoms with Crippen LogP contribution in [0.2, 0.25) is 5.32 Å². The van der Waals surface area contributed by atoms with Crippen LogP contribution in [0.1, 0.15) is 6.42 Å². The summed E-state index contributed by atoms with van der Waals surface area (Å²) in [5, 5.41) is 0.506. The summed E-state index contributed by atoms with van der Waals surface area (Å²) < 4.78 is 12.2. The first-order valence-corrected chi connectivity index (χ1v) is 4.50. The third-order valence-electron chi connectivity index (χ3n) is 0.861.